The number of rotatable bonds is 4. The van der Waals surface area contributed by atoms with Crippen molar-refractivity contribution in [2.45, 2.75) is 38.1 Å². The van der Waals surface area contributed by atoms with Crippen molar-refractivity contribution in [3.63, 3.8) is 0 Å². The number of aryl methyl sites for hydroxylation is 1. The number of carbonyl (C=O) groups excluding carboxylic acids is 1. The standard InChI is InChI=1S/C17H22N4O2S/c1-12-9-20(10-13(2)23-12)16(22)11-24-17-19-18-14(3)21(17)15-7-5-4-6-8-15/h4-8,12-13H,9-11H2,1-3H3/t12-,13+. The van der Waals surface area contributed by atoms with Crippen molar-refractivity contribution in [3.05, 3.63) is 36.2 Å². The number of amides is 1. The van der Waals surface area contributed by atoms with Crippen LogP contribution in [-0.2, 0) is 9.53 Å². The van der Waals surface area contributed by atoms with E-state index in [1.807, 2.05) is 60.6 Å². The molecule has 1 aromatic heterocycles. The fourth-order valence-electron chi connectivity index (χ4n) is 2.91. The Labute approximate surface area is 146 Å². The fourth-order valence-corrected chi connectivity index (χ4v) is 3.81. The molecule has 2 aromatic rings. The minimum absolute atomic E-state index is 0.0814. The number of morpholine rings is 1. The summed E-state index contributed by atoms with van der Waals surface area (Å²) in [4.78, 5) is 14.4. The van der Waals surface area contributed by atoms with E-state index in [1.54, 1.807) is 0 Å². The van der Waals surface area contributed by atoms with Crippen LogP contribution >= 0.6 is 11.8 Å². The SMILES string of the molecule is Cc1nnc(SCC(=O)N2C[C@@H](C)O[C@@H](C)C2)n1-c1ccccc1. The van der Waals surface area contributed by atoms with Crippen LogP contribution in [0.1, 0.15) is 19.7 Å². The number of nitrogens with zero attached hydrogens (tertiary/aromatic N) is 4. The summed E-state index contributed by atoms with van der Waals surface area (Å²) in [6.07, 6.45) is 0.163. The highest BCUT2D eigenvalue weighted by atomic mass is 32.2. The average Bonchev–Trinajstić information content (AvgIpc) is 2.93. The van der Waals surface area contributed by atoms with Gasteiger partial charge in [0.1, 0.15) is 5.82 Å². The van der Waals surface area contributed by atoms with Crippen molar-refractivity contribution in [3.8, 4) is 5.69 Å². The first-order chi connectivity index (χ1) is 11.5. The topological polar surface area (TPSA) is 60.3 Å². The minimum Gasteiger partial charge on any atom is -0.372 e. The number of hydrogen-bond donors (Lipinski definition) is 0. The Morgan fingerprint density at radius 1 is 1.21 bits per heavy atom. The number of hydrogen-bond acceptors (Lipinski definition) is 5. The molecule has 1 fully saturated rings. The van der Waals surface area contributed by atoms with Gasteiger partial charge in [0.15, 0.2) is 5.16 Å². The van der Waals surface area contributed by atoms with Gasteiger partial charge in [0.25, 0.3) is 0 Å². The average molecular weight is 346 g/mol. The maximum atomic E-state index is 12.5. The molecule has 128 valence electrons. The van der Waals surface area contributed by atoms with Crippen LogP contribution in [-0.4, -0.2) is 56.6 Å². The molecule has 2 heterocycles. The van der Waals surface area contributed by atoms with E-state index in [9.17, 15) is 4.79 Å². The lowest BCUT2D eigenvalue weighted by Gasteiger charge is -2.35. The smallest absolute Gasteiger partial charge is 0.233 e. The van der Waals surface area contributed by atoms with Gasteiger partial charge in [-0.3, -0.25) is 9.36 Å². The molecule has 0 N–H and O–H groups in total. The van der Waals surface area contributed by atoms with Crippen molar-refractivity contribution in [1.29, 1.82) is 0 Å². The van der Waals surface area contributed by atoms with E-state index in [-0.39, 0.29) is 18.1 Å². The lowest BCUT2D eigenvalue weighted by atomic mass is 10.2. The molecule has 1 amide bonds. The number of para-hydroxylation sites is 1. The fraction of sp³-hybridized carbons (Fsp3) is 0.471. The van der Waals surface area contributed by atoms with Gasteiger partial charge in [-0.05, 0) is 32.9 Å². The number of benzene rings is 1. The Bertz CT molecular complexity index is 694. The van der Waals surface area contributed by atoms with Crippen LogP contribution in [0.5, 0.6) is 0 Å². The summed E-state index contributed by atoms with van der Waals surface area (Å²) in [7, 11) is 0. The molecule has 0 unspecified atom stereocenters. The summed E-state index contributed by atoms with van der Waals surface area (Å²) in [5, 5.41) is 9.11. The van der Waals surface area contributed by atoms with Crippen LogP contribution < -0.4 is 0 Å². The molecular weight excluding hydrogens is 324 g/mol. The summed E-state index contributed by atoms with van der Waals surface area (Å²) >= 11 is 1.42. The molecule has 1 aliphatic rings. The zero-order valence-corrected chi connectivity index (χ0v) is 15.0. The number of carbonyl (C=O) groups is 1. The lowest BCUT2D eigenvalue weighted by molar-refractivity contribution is -0.140. The van der Waals surface area contributed by atoms with Crippen molar-refractivity contribution in [2.24, 2.45) is 0 Å². The zero-order chi connectivity index (χ0) is 17.1. The molecule has 0 aliphatic carbocycles. The molecule has 0 spiro atoms. The number of thioether (sulfide) groups is 1. The highest BCUT2D eigenvalue weighted by Crippen LogP contribution is 2.22. The monoisotopic (exact) mass is 346 g/mol. The van der Waals surface area contributed by atoms with Gasteiger partial charge in [0, 0.05) is 18.8 Å². The van der Waals surface area contributed by atoms with Crippen molar-refractivity contribution in [1.82, 2.24) is 19.7 Å². The van der Waals surface area contributed by atoms with Gasteiger partial charge < -0.3 is 9.64 Å². The van der Waals surface area contributed by atoms with E-state index < -0.39 is 0 Å². The van der Waals surface area contributed by atoms with E-state index in [0.717, 1.165) is 16.7 Å². The van der Waals surface area contributed by atoms with Crippen LogP contribution in [0.15, 0.2) is 35.5 Å². The molecule has 0 bridgehead atoms. The van der Waals surface area contributed by atoms with Crippen molar-refractivity contribution in [2.75, 3.05) is 18.8 Å². The second-order valence-electron chi connectivity index (χ2n) is 6.05. The summed E-state index contributed by atoms with van der Waals surface area (Å²) in [5.41, 5.74) is 1.00. The summed E-state index contributed by atoms with van der Waals surface area (Å²) < 4.78 is 7.66. The molecule has 2 atom stereocenters. The summed E-state index contributed by atoms with van der Waals surface area (Å²) in [6.45, 7) is 7.20. The van der Waals surface area contributed by atoms with Crippen LogP contribution in [0.25, 0.3) is 5.69 Å². The Morgan fingerprint density at radius 3 is 2.54 bits per heavy atom. The van der Waals surface area contributed by atoms with E-state index in [1.165, 1.54) is 11.8 Å². The summed E-state index contributed by atoms with van der Waals surface area (Å²) in [6, 6.07) is 9.94. The first-order valence-electron chi connectivity index (χ1n) is 8.08. The van der Waals surface area contributed by atoms with Gasteiger partial charge in [-0.1, -0.05) is 30.0 Å². The number of ether oxygens (including phenoxy) is 1. The molecule has 3 rings (SSSR count). The lowest BCUT2D eigenvalue weighted by Crippen LogP contribution is -2.48. The van der Waals surface area contributed by atoms with Crippen LogP contribution in [0.3, 0.4) is 0 Å². The molecule has 24 heavy (non-hydrogen) atoms. The molecule has 1 aromatic carbocycles. The molecule has 0 saturated carbocycles. The second kappa shape index (κ2) is 7.36. The van der Waals surface area contributed by atoms with Gasteiger partial charge in [-0.15, -0.1) is 10.2 Å². The highest BCUT2D eigenvalue weighted by Gasteiger charge is 2.26. The third kappa shape index (κ3) is 3.79. The molecule has 1 saturated heterocycles. The molecular formula is C17H22N4O2S. The predicted octanol–water partition coefficient (Wildman–Crippen LogP) is 2.30. The normalized spacial score (nSPS) is 21.0. The van der Waals surface area contributed by atoms with Gasteiger partial charge in [0.2, 0.25) is 5.91 Å². The third-order valence-corrected chi connectivity index (χ3v) is 4.82. The quantitative estimate of drug-likeness (QED) is 0.795. The maximum Gasteiger partial charge on any atom is 0.233 e. The second-order valence-corrected chi connectivity index (χ2v) is 6.99. The molecule has 0 radical (unpaired) electrons. The highest BCUT2D eigenvalue weighted by molar-refractivity contribution is 7.99. The zero-order valence-electron chi connectivity index (χ0n) is 14.2. The molecule has 1 aliphatic heterocycles. The first kappa shape index (κ1) is 17.0. The number of aromatic nitrogens is 3. The van der Waals surface area contributed by atoms with Crippen molar-refractivity contribution >= 4 is 17.7 Å². The van der Waals surface area contributed by atoms with E-state index in [4.69, 9.17) is 4.74 Å². The Morgan fingerprint density at radius 2 is 1.88 bits per heavy atom. The predicted molar refractivity (Wildman–Crippen MR) is 93.4 cm³/mol. The Balaban J connectivity index is 1.68. The first-order valence-corrected chi connectivity index (χ1v) is 9.06. The maximum absolute atomic E-state index is 12.5. The largest absolute Gasteiger partial charge is 0.372 e. The van der Waals surface area contributed by atoms with Crippen LogP contribution in [0.2, 0.25) is 0 Å². The van der Waals surface area contributed by atoms with Crippen LogP contribution in [0.4, 0.5) is 0 Å². The van der Waals surface area contributed by atoms with Crippen LogP contribution in [0, 0.1) is 6.92 Å². The van der Waals surface area contributed by atoms with Gasteiger partial charge in [0.05, 0.1) is 18.0 Å². The van der Waals surface area contributed by atoms with E-state index in [0.29, 0.717) is 18.8 Å². The van der Waals surface area contributed by atoms with Gasteiger partial charge in [-0.2, -0.15) is 0 Å². The Kier molecular flexibility index (Phi) is 5.20. The Hall–Kier alpha value is -1.86. The van der Waals surface area contributed by atoms with Gasteiger partial charge >= 0.3 is 0 Å². The van der Waals surface area contributed by atoms with Gasteiger partial charge in [-0.25, -0.2) is 0 Å². The van der Waals surface area contributed by atoms with E-state index in [2.05, 4.69) is 10.2 Å². The minimum atomic E-state index is 0.0814. The van der Waals surface area contributed by atoms with E-state index >= 15 is 0 Å². The summed E-state index contributed by atoms with van der Waals surface area (Å²) in [5.74, 6) is 1.27. The molecule has 6 nitrogen and oxygen atoms in total. The molecule has 7 heteroatoms. The van der Waals surface area contributed by atoms with Crippen molar-refractivity contribution < 1.29 is 9.53 Å². The third-order valence-electron chi connectivity index (χ3n) is 3.91.